The summed E-state index contributed by atoms with van der Waals surface area (Å²) in [5.41, 5.74) is 0.763. The molecule has 0 saturated carbocycles. The third kappa shape index (κ3) is 6.25. The number of hydrogen-bond donors (Lipinski definition) is 1. The molecule has 0 spiro atoms. The van der Waals surface area contributed by atoms with Gasteiger partial charge in [-0.15, -0.1) is 0 Å². The second-order valence-electron chi connectivity index (χ2n) is 4.54. The van der Waals surface area contributed by atoms with Gasteiger partial charge < -0.3 is 13.3 Å². The molecule has 0 aliphatic heterocycles. The minimum atomic E-state index is -3.33. The molecule has 0 saturated heterocycles. The molecule has 0 atom stereocenters. The zero-order valence-electron chi connectivity index (χ0n) is 12.7. The molecule has 0 bridgehead atoms. The molecule has 6 nitrogen and oxygen atoms in total. The lowest BCUT2D eigenvalue weighted by Gasteiger charge is -2.24. The lowest BCUT2D eigenvalue weighted by molar-refractivity contribution is 0.123. The van der Waals surface area contributed by atoms with Crippen LogP contribution in [0.3, 0.4) is 0 Å². The lowest BCUT2D eigenvalue weighted by Crippen LogP contribution is -2.43. The molecule has 1 aromatic carbocycles. The fourth-order valence-electron chi connectivity index (χ4n) is 1.93. The van der Waals surface area contributed by atoms with Crippen molar-refractivity contribution >= 4 is 18.8 Å². The first kappa shape index (κ1) is 18.3. The molecule has 1 N–H and O–H groups in total. The van der Waals surface area contributed by atoms with Gasteiger partial charge in [0.15, 0.2) is 0 Å². The standard InChI is InChI=1S/C13H23NO5SSi/c1-17-21(18-2,19-3)11-7-10-14-20(15,16)12-13-8-5-4-6-9-13/h4-6,8-9,14H,7,10-12H2,1-3H3. The predicted molar refractivity (Wildman–Crippen MR) is 83.3 cm³/mol. The molecule has 0 aliphatic rings. The highest BCUT2D eigenvalue weighted by molar-refractivity contribution is 7.88. The van der Waals surface area contributed by atoms with E-state index in [1.165, 1.54) is 0 Å². The Kier molecular flexibility index (Phi) is 7.50. The quantitative estimate of drug-likeness (QED) is 0.517. The summed E-state index contributed by atoms with van der Waals surface area (Å²) in [5, 5.41) is 0. The monoisotopic (exact) mass is 333 g/mol. The summed E-state index contributed by atoms with van der Waals surface area (Å²) >= 11 is 0. The van der Waals surface area contributed by atoms with Gasteiger partial charge in [-0.05, 0) is 12.0 Å². The Hall–Kier alpha value is -0.773. The van der Waals surface area contributed by atoms with Gasteiger partial charge in [0.05, 0.1) is 5.75 Å². The molecule has 0 heterocycles. The first-order valence-corrected chi connectivity index (χ1v) is 10.2. The van der Waals surface area contributed by atoms with Crippen LogP contribution >= 0.6 is 0 Å². The summed E-state index contributed by atoms with van der Waals surface area (Å²) in [6.45, 7) is 0.333. The third-order valence-corrected chi connectivity index (χ3v) is 7.30. The second kappa shape index (κ2) is 8.62. The van der Waals surface area contributed by atoms with E-state index in [2.05, 4.69) is 4.72 Å². The minimum Gasteiger partial charge on any atom is -0.377 e. The second-order valence-corrected chi connectivity index (χ2v) is 9.44. The van der Waals surface area contributed by atoms with Crippen molar-refractivity contribution in [2.24, 2.45) is 0 Å². The molecule has 0 fully saturated rings. The van der Waals surface area contributed by atoms with Crippen molar-refractivity contribution < 1.29 is 21.7 Å². The van der Waals surface area contributed by atoms with Crippen LogP contribution in [-0.2, 0) is 29.1 Å². The Morgan fingerprint density at radius 3 is 2.14 bits per heavy atom. The van der Waals surface area contributed by atoms with E-state index < -0.39 is 18.8 Å². The molecule has 0 aliphatic carbocycles. The van der Waals surface area contributed by atoms with Crippen molar-refractivity contribution in [1.29, 1.82) is 0 Å². The van der Waals surface area contributed by atoms with Crippen LogP contribution in [0.15, 0.2) is 30.3 Å². The van der Waals surface area contributed by atoms with E-state index in [1.807, 2.05) is 18.2 Å². The Morgan fingerprint density at radius 2 is 1.62 bits per heavy atom. The number of rotatable bonds is 10. The first-order chi connectivity index (χ1) is 9.97. The molecular formula is C13H23NO5SSi. The summed E-state index contributed by atoms with van der Waals surface area (Å²) in [6, 6.07) is 9.63. The topological polar surface area (TPSA) is 73.9 Å². The van der Waals surface area contributed by atoms with E-state index in [9.17, 15) is 8.42 Å². The fraction of sp³-hybridized carbons (Fsp3) is 0.538. The van der Waals surface area contributed by atoms with E-state index in [-0.39, 0.29) is 5.75 Å². The number of sulfonamides is 1. The van der Waals surface area contributed by atoms with E-state index >= 15 is 0 Å². The molecule has 0 radical (unpaired) electrons. The van der Waals surface area contributed by atoms with Crippen molar-refractivity contribution in [3.63, 3.8) is 0 Å². The van der Waals surface area contributed by atoms with Crippen LogP contribution in [0.2, 0.25) is 6.04 Å². The zero-order valence-corrected chi connectivity index (χ0v) is 14.5. The highest BCUT2D eigenvalue weighted by Gasteiger charge is 2.36. The molecular weight excluding hydrogens is 310 g/mol. The molecule has 1 rings (SSSR count). The van der Waals surface area contributed by atoms with Crippen LogP contribution in [0, 0.1) is 0 Å². The van der Waals surface area contributed by atoms with Gasteiger partial charge in [0.1, 0.15) is 0 Å². The summed E-state index contributed by atoms with van der Waals surface area (Å²) < 4.78 is 42.3. The Labute approximate surface area is 127 Å². The summed E-state index contributed by atoms with van der Waals surface area (Å²) in [7, 11) is -1.33. The van der Waals surface area contributed by atoms with Crippen molar-refractivity contribution in [3.05, 3.63) is 35.9 Å². The van der Waals surface area contributed by atoms with Crippen molar-refractivity contribution in [2.75, 3.05) is 27.9 Å². The summed E-state index contributed by atoms with van der Waals surface area (Å²) in [5.74, 6) is -0.0186. The average molecular weight is 333 g/mol. The van der Waals surface area contributed by atoms with Gasteiger partial charge in [0.25, 0.3) is 0 Å². The summed E-state index contributed by atoms with van der Waals surface area (Å²) in [6.07, 6.45) is 0.593. The average Bonchev–Trinajstić information content (AvgIpc) is 2.49. The number of benzene rings is 1. The Bertz CT molecular complexity index is 496. The SMILES string of the molecule is CO[Si](CCCNS(=O)(=O)Cc1ccccc1)(OC)OC. The zero-order chi connectivity index (χ0) is 15.8. The number of hydrogen-bond acceptors (Lipinski definition) is 5. The maximum atomic E-state index is 11.9. The van der Waals surface area contributed by atoms with Crippen molar-refractivity contribution in [1.82, 2.24) is 4.72 Å². The van der Waals surface area contributed by atoms with Crippen molar-refractivity contribution in [3.8, 4) is 0 Å². The molecule has 8 heteroatoms. The van der Waals surface area contributed by atoms with Crippen LogP contribution in [0.5, 0.6) is 0 Å². The minimum absolute atomic E-state index is 0.0186. The van der Waals surface area contributed by atoms with Crippen LogP contribution in [0.4, 0.5) is 0 Å². The predicted octanol–water partition coefficient (Wildman–Crippen LogP) is 1.37. The van der Waals surface area contributed by atoms with Crippen LogP contribution in [-0.4, -0.2) is 45.1 Å². The Morgan fingerprint density at radius 1 is 1.05 bits per heavy atom. The van der Waals surface area contributed by atoms with E-state index in [0.717, 1.165) is 5.56 Å². The highest BCUT2D eigenvalue weighted by atomic mass is 32.2. The molecule has 120 valence electrons. The van der Waals surface area contributed by atoms with Gasteiger partial charge in [0.2, 0.25) is 10.0 Å². The van der Waals surface area contributed by atoms with Gasteiger partial charge >= 0.3 is 8.80 Å². The molecule has 1 aromatic rings. The maximum Gasteiger partial charge on any atom is 0.500 e. The molecule has 0 amide bonds. The van der Waals surface area contributed by atoms with Gasteiger partial charge in [-0.3, -0.25) is 0 Å². The van der Waals surface area contributed by atoms with E-state index in [0.29, 0.717) is 19.0 Å². The molecule has 0 unspecified atom stereocenters. The van der Waals surface area contributed by atoms with Gasteiger partial charge in [0, 0.05) is 33.9 Å². The van der Waals surface area contributed by atoms with E-state index in [4.69, 9.17) is 13.3 Å². The van der Waals surface area contributed by atoms with Gasteiger partial charge in [-0.2, -0.15) is 0 Å². The van der Waals surface area contributed by atoms with Gasteiger partial charge in [-0.25, -0.2) is 13.1 Å². The lowest BCUT2D eigenvalue weighted by atomic mass is 10.2. The molecule has 0 aromatic heterocycles. The van der Waals surface area contributed by atoms with Crippen molar-refractivity contribution in [2.45, 2.75) is 18.2 Å². The normalized spacial score (nSPS) is 12.5. The number of nitrogens with one attached hydrogen (secondary N) is 1. The summed E-state index contributed by atoms with van der Waals surface area (Å²) in [4.78, 5) is 0. The third-order valence-electron chi connectivity index (χ3n) is 3.11. The maximum absolute atomic E-state index is 11.9. The van der Waals surface area contributed by atoms with Crippen LogP contribution < -0.4 is 4.72 Å². The molecule has 21 heavy (non-hydrogen) atoms. The fourth-order valence-corrected chi connectivity index (χ4v) is 4.84. The smallest absolute Gasteiger partial charge is 0.377 e. The van der Waals surface area contributed by atoms with Crippen LogP contribution in [0.25, 0.3) is 0 Å². The van der Waals surface area contributed by atoms with Gasteiger partial charge in [-0.1, -0.05) is 30.3 Å². The van der Waals surface area contributed by atoms with E-state index in [1.54, 1.807) is 33.5 Å². The largest absolute Gasteiger partial charge is 0.500 e. The first-order valence-electron chi connectivity index (χ1n) is 6.63. The highest BCUT2D eigenvalue weighted by Crippen LogP contribution is 2.14. The van der Waals surface area contributed by atoms with Crippen LogP contribution in [0.1, 0.15) is 12.0 Å². The Balaban J connectivity index is 2.41.